The molecule has 0 spiro atoms. The zero-order valence-electron chi connectivity index (χ0n) is 7.05. The summed E-state index contributed by atoms with van der Waals surface area (Å²) in [5.74, 6) is 0.764. The van der Waals surface area contributed by atoms with Gasteiger partial charge in [-0.05, 0) is 5.92 Å². The summed E-state index contributed by atoms with van der Waals surface area (Å²) >= 11 is 0. The molecule has 1 fully saturated rings. The highest BCUT2D eigenvalue weighted by molar-refractivity contribution is 5.19. The third-order valence-electron chi connectivity index (χ3n) is 2.73. The summed E-state index contributed by atoms with van der Waals surface area (Å²) in [5.41, 5.74) is 1.24. The highest BCUT2D eigenvalue weighted by Gasteiger charge is 2.37. The van der Waals surface area contributed by atoms with Crippen molar-refractivity contribution in [2.75, 3.05) is 13.1 Å². The molecule has 0 aromatic heterocycles. The fraction of sp³-hybridized carbons (Fsp3) is 0.778. The van der Waals surface area contributed by atoms with Gasteiger partial charge >= 0.3 is 0 Å². The molecule has 1 nitrogen and oxygen atoms in total. The van der Waals surface area contributed by atoms with Crippen molar-refractivity contribution in [3.05, 3.63) is 11.8 Å². The first-order chi connectivity index (χ1) is 5.18. The van der Waals surface area contributed by atoms with Crippen molar-refractivity contribution >= 4 is 0 Å². The molecule has 0 aromatic carbocycles. The first-order valence-corrected chi connectivity index (χ1v) is 4.29. The number of allylic oxidation sites excluding steroid dienone is 1. The fourth-order valence-corrected chi connectivity index (χ4v) is 2.08. The minimum absolute atomic E-state index is 0.139. The smallest absolute Gasteiger partial charge is 0.125 e. The second kappa shape index (κ2) is 2.23. The van der Waals surface area contributed by atoms with Crippen LogP contribution >= 0.6 is 0 Å². The van der Waals surface area contributed by atoms with Crippen LogP contribution in [0.2, 0.25) is 0 Å². The van der Waals surface area contributed by atoms with Crippen molar-refractivity contribution in [2.24, 2.45) is 11.8 Å². The van der Waals surface area contributed by atoms with Gasteiger partial charge in [-0.2, -0.15) is 0 Å². The van der Waals surface area contributed by atoms with Crippen LogP contribution in [0.1, 0.15) is 13.8 Å². The molecular weight excluding hydrogens is 141 g/mol. The van der Waals surface area contributed by atoms with Crippen LogP contribution < -0.4 is 0 Å². The molecule has 2 aliphatic heterocycles. The number of hydrogen-bond acceptors (Lipinski definition) is 1. The zero-order valence-corrected chi connectivity index (χ0v) is 7.05. The summed E-state index contributed by atoms with van der Waals surface area (Å²) in [7, 11) is 0. The number of alkyl halides is 1. The van der Waals surface area contributed by atoms with E-state index in [0.29, 0.717) is 12.5 Å². The van der Waals surface area contributed by atoms with E-state index in [-0.39, 0.29) is 5.92 Å². The number of rotatable bonds is 0. The van der Waals surface area contributed by atoms with E-state index in [1.165, 1.54) is 5.70 Å². The summed E-state index contributed by atoms with van der Waals surface area (Å²) in [6.45, 7) is 5.82. The Morgan fingerprint density at radius 1 is 1.45 bits per heavy atom. The highest BCUT2D eigenvalue weighted by Crippen LogP contribution is 2.35. The number of fused-ring (bicyclic) bond motifs is 1. The van der Waals surface area contributed by atoms with Gasteiger partial charge in [0, 0.05) is 24.7 Å². The third kappa shape index (κ3) is 0.959. The Bertz CT molecular complexity index is 200. The standard InChI is InChI=1S/C9H14FN/c1-6-3-9-7(2)8(10)5-11(9)4-6/h3,6-8H,4-5H2,1-2H3/t6?,7?,8-/m0/s1. The van der Waals surface area contributed by atoms with E-state index in [0.717, 1.165) is 6.54 Å². The van der Waals surface area contributed by atoms with Gasteiger partial charge in [0.2, 0.25) is 0 Å². The summed E-state index contributed by atoms with van der Waals surface area (Å²) in [6, 6.07) is 0. The van der Waals surface area contributed by atoms with Gasteiger partial charge in [-0.25, -0.2) is 4.39 Å². The predicted octanol–water partition coefficient (Wildman–Crippen LogP) is 1.81. The molecule has 0 radical (unpaired) electrons. The van der Waals surface area contributed by atoms with Crippen LogP contribution in [0.25, 0.3) is 0 Å². The molecule has 1 saturated heterocycles. The zero-order chi connectivity index (χ0) is 8.01. The van der Waals surface area contributed by atoms with Gasteiger partial charge in [-0.15, -0.1) is 0 Å². The minimum atomic E-state index is -0.631. The normalized spacial score (nSPS) is 42.6. The molecule has 2 aliphatic rings. The van der Waals surface area contributed by atoms with Crippen molar-refractivity contribution in [1.82, 2.24) is 4.90 Å². The van der Waals surface area contributed by atoms with Crippen LogP contribution in [0.5, 0.6) is 0 Å². The van der Waals surface area contributed by atoms with Crippen molar-refractivity contribution in [1.29, 1.82) is 0 Å². The average molecular weight is 155 g/mol. The Morgan fingerprint density at radius 3 is 2.82 bits per heavy atom. The number of hydrogen-bond donors (Lipinski definition) is 0. The molecular formula is C9H14FN. The highest BCUT2D eigenvalue weighted by atomic mass is 19.1. The van der Waals surface area contributed by atoms with Crippen molar-refractivity contribution in [3.63, 3.8) is 0 Å². The van der Waals surface area contributed by atoms with Gasteiger partial charge in [0.05, 0.1) is 0 Å². The Morgan fingerprint density at radius 2 is 2.18 bits per heavy atom. The second-order valence-electron chi connectivity index (χ2n) is 3.78. The number of nitrogens with zero attached hydrogens (tertiary/aromatic N) is 1. The summed E-state index contributed by atoms with van der Waals surface area (Å²) < 4.78 is 13.1. The SMILES string of the molecule is CC1C=C2C(C)[C@@H](F)CN2C1. The molecule has 0 amide bonds. The maximum absolute atomic E-state index is 13.1. The van der Waals surface area contributed by atoms with Crippen LogP contribution in [0.4, 0.5) is 4.39 Å². The van der Waals surface area contributed by atoms with Gasteiger partial charge in [0.1, 0.15) is 6.17 Å². The van der Waals surface area contributed by atoms with Crippen LogP contribution in [0.3, 0.4) is 0 Å². The average Bonchev–Trinajstić information content (AvgIpc) is 2.37. The lowest BCUT2D eigenvalue weighted by atomic mass is 10.0. The molecule has 11 heavy (non-hydrogen) atoms. The third-order valence-corrected chi connectivity index (χ3v) is 2.73. The molecule has 0 saturated carbocycles. The van der Waals surface area contributed by atoms with Crippen LogP contribution in [-0.2, 0) is 0 Å². The molecule has 0 N–H and O–H groups in total. The first-order valence-electron chi connectivity index (χ1n) is 4.29. The maximum atomic E-state index is 13.1. The van der Waals surface area contributed by atoms with Crippen LogP contribution in [0, 0.1) is 11.8 Å². The van der Waals surface area contributed by atoms with Gasteiger partial charge < -0.3 is 4.90 Å². The lowest BCUT2D eigenvalue weighted by Gasteiger charge is -2.13. The van der Waals surface area contributed by atoms with E-state index < -0.39 is 6.17 Å². The van der Waals surface area contributed by atoms with Crippen molar-refractivity contribution in [3.8, 4) is 0 Å². The monoisotopic (exact) mass is 155 g/mol. The van der Waals surface area contributed by atoms with Gasteiger partial charge in [-0.3, -0.25) is 0 Å². The molecule has 2 heteroatoms. The van der Waals surface area contributed by atoms with E-state index in [2.05, 4.69) is 17.9 Å². The summed E-state index contributed by atoms with van der Waals surface area (Å²) in [6.07, 6.45) is 1.58. The number of halogens is 1. The quantitative estimate of drug-likeness (QED) is 0.515. The molecule has 2 heterocycles. The Hall–Kier alpha value is -0.530. The first kappa shape index (κ1) is 7.14. The predicted molar refractivity (Wildman–Crippen MR) is 42.9 cm³/mol. The van der Waals surface area contributed by atoms with Gasteiger partial charge in [0.25, 0.3) is 0 Å². The minimum Gasteiger partial charge on any atom is -0.371 e. The topological polar surface area (TPSA) is 3.24 Å². The molecule has 2 unspecified atom stereocenters. The molecule has 3 atom stereocenters. The molecule has 62 valence electrons. The maximum Gasteiger partial charge on any atom is 0.125 e. The molecule has 2 rings (SSSR count). The Balaban J connectivity index is 2.21. The largest absolute Gasteiger partial charge is 0.371 e. The van der Waals surface area contributed by atoms with E-state index >= 15 is 0 Å². The Kier molecular flexibility index (Phi) is 1.44. The Labute approximate surface area is 66.9 Å². The molecule has 0 aromatic rings. The van der Waals surface area contributed by atoms with Crippen molar-refractivity contribution < 1.29 is 4.39 Å². The van der Waals surface area contributed by atoms with Crippen LogP contribution in [0.15, 0.2) is 11.8 Å². The summed E-state index contributed by atoms with van der Waals surface area (Å²) in [4.78, 5) is 2.18. The fourth-order valence-electron chi connectivity index (χ4n) is 2.08. The van der Waals surface area contributed by atoms with Gasteiger partial charge in [0.15, 0.2) is 0 Å². The van der Waals surface area contributed by atoms with Crippen molar-refractivity contribution in [2.45, 2.75) is 20.0 Å². The second-order valence-corrected chi connectivity index (χ2v) is 3.78. The molecule has 0 bridgehead atoms. The van der Waals surface area contributed by atoms with E-state index in [4.69, 9.17) is 0 Å². The summed E-state index contributed by atoms with van der Waals surface area (Å²) in [5, 5.41) is 0. The lowest BCUT2D eigenvalue weighted by Crippen LogP contribution is -2.19. The van der Waals surface area contributed by atoms with Gasteiger partial charge in [-0.1, -0.05) is 19.9 Å². The van der Waals surface area contributed by atoms with E-state index in [1.54, 1.807) is 0 Å². The van der Waals surface area contributed by atoms with E-state index in [9.17, 15) is 4.39 Å². The van der Waals surface area contributed by atoms with Crippen LogP contribution in [-0.4, -0.2) is 24.2 Å². The molecule has 0 aliphatic carbocycles. The lowest BCUT2D eigenvalue weighted by molar-refractivity contribution is 0.274. The van der Waals surface area contributed by atoms with E-state index in [1.807, 2.05) is 6.92 Å².